The minimum Gasteiger partial charge on any atom is -0.355 e. The standard InChI is InChI=1S/C21H25ClN4O.HI/c1-23-21(26-17-11-10-15-6-2-3-7-16(15)14-17)25-13-12-24-20(27)18-8-4-5-9-19(18)22;/h2-9,17H,10-14H2,1H3,(H,24,27)(H2,23,25,26);1H. The minimum atomic E-state index is -0.172. The average molecular weight is 513 g/mol. The zero-order chi connectivity index (χ0) is 19.1. The van der Waals surface area contributed by atoms with Gasteiger partial charge in [-0.1, -0.05) is 48.0 Å². The third-order valence-corrected chi connectivity index (χ3v) is 5.06. The Hall–Kier alpha value is -1.80. The van der Waals surface area contributed by atoms with Gasteiger partial charge in [0.25, 0.3) is 5.91 Å². The van der Waals surface area contributed by atoms with Crippen LogP contribution in [-0.4, -0.2) is 38.0 Å². The lowest BCUT2D eigenvalue weighted by atomic mass is 9.88. The SMILES string of the molecule is CN=C(NCCNC(=O)c1ccccc1Cl)NC1CCc2ccccc2C1.I. The molecule has 2 aromatic carbocycles. The Kier molecular flexibility index (Phi) is 9.05. The largest absolute Gasteiger partial charge is 0.355 e. The topological polar surface area (TPSA) is 65.5 Å². The summed E-state index contributed by atoms with van der Waals surface area (Å²) < 4.78 is 0. The molecule has 1 atom stereocenters. The summed E-state index contributed by atoms with van der Waals surface area (Å²) in [5, 5.41) is 10.1. The molecule has 0 saturated heterocycles. The van der Waals surface area contributed by atoms with Crippen LogP contribution < -0.4 is 16.0 Å². The molecule has 7 heteroatoms. The molecule has 28 heavy (non-hydrogen) atoms. The summed E-state index contributed by atoms with van der Waals surface area (Å²) in [5.41, 5.74) is 3.34. The zero-order valence-electron chi connectivity index (χ0n) is 15.9. The predicted molar refractivity (Wildman–Crippen MR) is 126 cm³/mol. The molecular formula is C21H26ClIN4O. The molecule has 2 aromatic rings. The monoisotopic (exact) mass is 512 g/mol. The van der Waals surface area contributed by atoms with Crippen LogP contribution in [0.4, 0.5) is 0 Å². The molecular weight excluding hydrogens is 487 g/mol. The van der Waals surface area contributed by atoms with Crippen molar-refractivity contribution in [3.05, 3.63) is 70.2 Å². The molecule has 150 valence electrons. The molecule has 0 heterocycles. The maximum Gasteiger partial charge on any atom is 0.252 e. The fourth-order valence-electron chi connectivity index (χ4n) is 3.31. The van der Waals surface area contributed by atoms with Crippen LogP contribution in [0, 0.1) is 0 Å². The summed E-state index contributed by atoms with van der Waals surface area (Å²) in [4.78, 5) is 16.4. The first kappa shape index (κ1) is 22.5. The molecule has 0 radical (unpaired) electrons. The second kappa shape index (κ2) is 11.3. The van der Waals surface area contributed by atoms with Gasteiger partial charge in [0.15, 0.2) is 5.96 Å². The highest BCUT2D eigenvalue weighted by molar-refractivity contribution is 14.0. The van der Waals surface area contributed by atoms with Crippen molar-refractivity contribution in [3.63, 3.8) is 0 Å². The Balaban J connectivity index is 0.00000280. The second-order valence-corrected chi connectivity index (χ2v) is 6.99. The van der Waals surface area contributed by atoms with Crippen molar-refractivity contribution >= 4 is 47.4 Å². The second-order valence-electron chi connectivity index (χ2n) is 6.59. The number of hydrogen-bond acceptors (Lipinski definition) is 2. The number of aryl methyl sites for hydroxylation is 1. The molecule has 3 N–H and O–H groups in total. The van der Waals surface area contributed by atoms with Gasteiger partial charge in [-0.05, 0) is 42.5 Å². The molecule has 0 saturated carbocycles. The molecule has 5 nitrogen and oxygen atoms in total. The number of rotatable bonds is 5. The van der Waals surface area contributed by atoms with E-state index < -0.39 is 0 Å². The fraction of sp³-hybridized carbons (Fsp3) is 0.333. The molecule has 0 fully saturated rings. The van der Waals surface area contributed by atoms with Crippen LogP contribution in [0.1, 0.15) is 27.9 Å². The van der Waals surface area contributed by atoms with Crippen LogP contribution in [0.25, 0.3) is 0 Å². The van der Waals surface area contributed by atoms with Crippen molar-refractivity contribution in [2.45, 2.75) is 25.3 Å². The van der Waals surface area contributed by atoms with Crippen LogP contribution in [0.15, 0.2) is 53.5 Å². The first-order valence-electron chi connectivity index (χ1n) is 9.24. The first-order chi connectivity index (χ1) is 13.2. The Labute approximate surface area is 188 Å². The Morgan fingerprint density at radius 2 is 1.75 bits per heavy atom. The van der Waals surface area contributed by atoms with E-state index in [9.17, 15) is 4.79 Å². The third-order valence-electron chi connectivity index (χ3n) is 4.73. The number of amides is 1. The number of carbonyl (C=O) groups is 1. The molecule has 0 bridgehead atoms. The first-order valence-corrected chi connectivity index (χ1v) is 9.62. The quantitative estimate of drug-likeness (QED) is 0.249. The maximum atomic E-state index is 12.1. The van der Waals surface area contributed by atoms with E-state index in [4.69, 9.17) is 11.6 Å². The number of hydrogen-bond donors (Lipinski definition) is 3. The highest BCUT2D eigenvalue weighted by Gasteiger charge is 2.18. The van der Waals surface area contributed by atoms with Gasteiger partial charge in [-0.2, -0.15) is 0 Å². The predicted octanol–water partition coefficient (Wildman–Crippen LogP) is 3.41. The van der Waals surface area contributed by atoms with E-state index in [1.165, 1.54) is 11.1 Å². The van der Waals surface area contributed by atoms with E-state index >= 15 is 0 Å². The van der Waals surface area contributed by atoms with E-state index in [0.717, 1.165) is 25.2 Å². The Bertz CT molecular complexity index is 828. The molecule has 1 unspecified atom stereocenters. The van der Waals surface area contributed by atoms with Gasteiger partial charge in [0.1, 0.15) is 0 Å². The molecule has 0 spiro atoms. The smallest absolute Gasteiger partial charge is 0.252 e. The average Bonchev–Trinajstić information content (AvgIpc) is 2.70. The molecule has 0 aromatic heterocycles. The van der Waals surface area contributed by atoms with Gasteiger partial charge in [0.05, 0.1) is 10.6 Å². The van der Waals surface area contributed by atoms with Crippen LogP contribution in [-0.2, 0) is 12.8 Å². The van der Waals surface area contributed by atoms with Gasteiger partial charge in [-0.15, -0.1) is 24.0 Å². The summed E-state index contributed by atoms with van der Waals surface area (Å²) in [7, 11) is 1.76. The Morgan fingerprint density at radius 3 is 2.50 bits per heavy atom. The van der Waals surface area contributed by atoms with Gasteiger partial charge >= 0.3 is 0 Å². The summed E-state index contributed by atoms with van der Waals surface area (Å²) in [6.07, 6.45) is 3.17. The maximum absolute atomic E-state index is 12.1. The highest BCUT2D eigenvalue weighted by Crippen LogP contribution is 2.20. The van der Waals surface area contributed by atoms with Gasteiger partial charge in [-0.25, -0.2) is 0 Å². The number of guanidine groups is 1. The lowest BCUT2D eigenvalue weighted by Crippen LogP contribution is -2.47. The van der Waals surface area contributed by atoms with Gasteiger partial charge in [0.2, 0.25) is 0 Å². The number of halogens is 2. The summed E-state index contributed by atoms with van der Waals surface area (Å²) >= 11 is 6.04. The van der Waals surface area contributed by atoms with Crippen molar-refractivity contribution < 1.29 is 4.79 Å². The lowest BCUT2D eigenvalue weighted by molar-refractivity contribution is 0.0954. The number of nitrogens with zero attached hydrogens (tertiary/aromatic N) is 1. The van der Waals surface area contributed by atoms with Gasteiger partial charge in [-0.3, -0.25) is 9.79 Å². The number of nitrogens with one attached hydrogen (secondary N) is 3. The van der Waals surface area contributed by atoms with Crippen molar-refractivity contribution in [1.82, 2.24) is 16.0 Å². The molecule has 3 rings (SSSR count). The summed E-state index contributed by atoms with van der Waals surface area (Å²) in [6.45, 7) is 1.07. The normalized spacial score (nSPS) is 15.8. The fourth-order valence-corrected chi connectivity index (χ4v) is 3.53. The molecule has 1 amide bonds. The summed E-state index contributed by atoms with van der Waals surface area (Å²) in [6, 6.07) is 16.0. The van der Waals surface area contributed by atoms with Gasteiger partial charge < -0.3 is 16.0 Å². The highest BCUT2D eigenvalue weighted by atomic mass is 127. The van der Waals surface area contributed by atoms with Crippen molar-refractivity contribution in [2.24, 2.45) is 4.99 Å². The van der Waals surface area contributed by atoms with Gasteiger partial charge in [0, 0.05) is 26.2 Å². The van der Waals surface area contributed by atoms with Crippen LogP contribution >= 0.6 is 35.6 Å². The van der Waals surface area contributed by atoms with Crippen molar-refractivity contribution in [2.75, 3.05) is 20.1 Å². The minimum absolute atomic E-state index is 0. The van der Waals surface area contributed by atoms with Crippen LogP contribution in [0.2, 0.25) is 5.02 Å². The number of fused-ring (bicyclic) bond motifs is 1. The number of aliphatic imine (C=N–C) groups is 1. The van der Waals surface area contributed by atoms with E-state index in [1.807, 2.05) is 0 Å². The molecule has 1 aliphatic carbocycles. The summed E-state index contributed by atoms with van der Waals surface area (Å²) in [5.74, 6) is 0.584. The van der Waals surface area contributed by atoms with E-state index in [1.54, 1.807) is 31.3 Å². The van der Waals surface area contributed by atoms with Crippen LogP contribution in [0.3, 0.4) is 0 Å². The Morgan fingerprint density at radius 1 is 1.07 bits per heavy atom. The zero-order valence-corrected chi connectivity index (χ0v) is 19.0. The van der Waals surface area contributed by atoms with E-state index in [2.05, 4.69) is 45.2 Å². The molecule has 1 aliphatic rings. The number of benzene rings is 2. The lowest BCUT2D eigenvalue weighted by Gasteiger charge is -2.27. The van der Waals surface area contributed by atoms with Crippen LogP contribution in [0.5, 0.6) is 0 Å². The van der Waals surface area contributed by atoms with E-state index in [-0.39, 0.29) is 29.9 Å². The number of carbonyl (C=O) groups excluding carboxylic acids is 1. The third kappa shape index (κ3) is 6.10. The molecule has 0 aliphatic heterocycles. The van der Waals surface area contributed by atoms with Crippen molar-refractivity contribution in [3.8, 4) is 0 Å². The van der Waals surface area contributed by atoms with E-state index in [0.29, 0.717) is 29.7 Å². The van der Waals surface area contributed by atoms with Crippen molar-refractivity contribution in [1.29, 1.82) is 0 Å².